The van der Waals surface area contributed by atoms with Crippen molar-refractivity contribution in [3.63, 3.8) is 0 Å². The van der Waals surface area contributed by atoms with E-state index in [-0.39, 0.29) is 5.78 Å². The van der Waals surface area contributed by atoms with Gasteiger partial charge in [-0.3, -0.25) is 14.6 Å². The molecule has 1 heterocycles. The summed E-state index contributed by atoms with van der Waals surface area (Å²) in [6.45, 7) is 1.97. The van der Waals surface area contributed by atoms with Crippen LogP contribution in [0.5, 0.6) is 0 Å². The van der Waals surface area contributed by atoms with Gasteiger partial charge in [0.15, 0.2) is 11.7 Å². The molecule has 16 heavy (non-hydrogen) atoms. The van der Waals surface area contributed by atoms with E-state index in [1.807, 2.05) is 13.0 Å². The van der Waals surface area contributed by atoms with E-state index in [9.17, 15) is 9.59 Å². The van der Waals surface area contributed by atoms with Crippen molar-refractivity contribution in [1.82, 2.24) is 0 Å². The van der Waals surface area contributed by atoms with Crippen molar-refractivity contribution < 1.29 is 14.7 Å². The molecule has 4 heteroatoms. The molecule has 0 radical (unpaired) electrons. The van der Waals surface area contributed by atoms with Gasteiger partial charge < -0.3 is 5.11 Å². The van der Waals surface area contributed by atoms with Crippen molar-refractivity contribution in [3.05, 3.63) is 29.3 Å². The zero-order valence-corrected chi connectivity index (χ0v) is 8.80. The highest BCUT2D eigenvalue weighted by Gasteiger charge is 2.30. The van der Waals surface area contributed by atoms with Gasteiger partial charge in [0.1, 0.15) is 0 Å². The Morgan fingerprint density at radius 3 is 2.88 bits per heavy atom. The molecule has 1 aliphatic rings. The molecule has 82 valence electrons. The zero-order chi connectivity index (χ0) is 11.7. The van der Waals surface area contributed by atoms with E-state index in [1.165, 1.54) is 6.21 Å². The first kappa shape index (κ1) is 10.5. The molecule has 0 bridgehead atoms. The van der Waals surface area contributed by atoms with E-state index < -0.39 is 11.9 Å². The zero-order valence-electron chi connectivity index (χ0n) is 8.80. The molecule has 0 fully saturated rings. The van der Waals surface area contributed by atoms with E-state index in [0.29, 0.717) is 11.3 Å². The number of hydrogen-bond acceptors (Lipinski definition) is 3. The number of carbonyl (C=O) groups is 2. The molecule has 1 aromatic rings. The molecule has 0 aromatic heterocycles. The molecular formula is C12H11NO3. The van der Waals surface area contributed by atoms with Crippen LogP contribution >= 0.6 is 0 Å². The molecule has 0 spiro atoms. The Bertz CT molecular complexity index is 491. The first-order valence-corrected chi connectivity index (χ1v) is 5.08. The quantitative estimate of drug-likeness (QED) is 0.768. The van der Waals surface area contributed by atoms with Gasteiger partial charge in [-0.2, -0.15) is 0 Å². The fourth-order valence-electron chi connectivity index (χ4n) is 1.79. The van der Waals surface area contributed by atoms with Crippen LogP contribution in [0.1, 0.15) is 22.8 Å². The van der Waals surface area contributed by atoms with Crippen LogP contribution in [-0.2, 0) is 11.2 Å². The van der Waals surface area contributed by atoms with Gasteiger partial charge in [-0.15, -0.1) is 0 Å². The number of Topliss-reactive ketones (excluding diaryl/α,β-unsaturated/α-hetero) is 1. The van der Waals surface area contributed by atoms with E-state index >= 15 is 0 Å². The van der Waals surface area contributed by atoms with Crippen LogP contribution in [0, 0.1) is 5.92 Å². The van der Waals surface area contributed by atoms with E-state index in [4.69, 9.17) is 5.11 Å². The molecule has 2 rings (SSSR count). The summed E-state index contributed by atoms with van der Waals surface area (Å²) in [5.41, 5.74) is 1.99. The SMILES string of the molecule is CCc1cccc2c1N=CC(C(=O)O)C2=O. The number of carboxylic acids is 1. The number of rotatable bonds is 2. The number of fused-ring (bicyclic) bond motifs is 1. The molecule has 0 amide bonds. The fraction of sp³-hybridized carbons (Fsp3) is 0.250. The van der Waals surface area contributed by atoms with E-state index in [1.54, 1.807) is 12.1 Å². The Hall–Kier alpha value is -1.97. The number of aliphatic imine (C=N–C) groups is 1. The van der Waals surface area contributed by atoms with Gasteiger partial charge in [0.2, 0.25) is 0 Å². The van der Waals surface area contributed by atoms with Gasteiger partial charge in [0.05, 0.1) is 5.69 Å². The second-order valence-electron chi connectivity index (χ2n) is 3.63. The molecule has 1 unspecified atom stereocenters. The summed E-state index contributed by atoms with van der Waals surface area (Å²) >= 11 is 0. The highest BCUT2D eigenvalue weighted by molar-refractivity contribution is 6.22. The summed E-state index contributed by atoms with van der Waals surface area (Å²) in [6.07, 6.45) is 1.98. The average Bonchev–Trinajstić information content (AvgIpc) is 2.28. The summed E-state index contributed by atoms with van der Waals surface area (Å²) in [6, 6.07) is 5.28. The highest BCUT2D eigenvalue weighted by Crippen LogP contribution is 2.30. The van der Waals surface area contributed by atoms with Crippen molar-refractivity contribution in [3.8, 4) is 0 Å². The lowest BCUT2D eigenvalue weighted by Gasteiger charge is -2.16. The van der Waals surface area contributed by atoms with Gasteiger partial charge in [0.25, 0.3) is 0 Å². The van der Waals surface area contributed by atoms with Crippen LogP contribution in [0.2, 0.25) is 0 Å². The Kier molecular flexibility index (Phi) is 2.56. The summed E-state index contributed by atoms with van der Waals surface area (Å²) < 4.78 is 0. The third kappa shape index (κ3) is 1.52. The second kappa shape index (κ2) is 3.89. The molecule has 0 saturated carbocycles. The summed E-state index contributed by atoms with van der Waals surface area (Å²) in [4.78, 5) is 26.8. The van der Waals surface area contributed by atoms with Crippen molar-refractivity contribution in [2.24, 2.45) is 10.9 Å². The van der Waals surface area contributed by atoms with Gasteiger partial charge >= 0.3 is 5.97 Å². The monoisotopic (exact) mass is 217 g/mol. The lowest BCUT2D eigenvalue weighted by atomic mass is 9.92. The number of hydrogen-bond donors (Lipinski definition) is 1. The number of para-hydroxylation sites is 1. The van der Waals surface area contributed by atoms with Crippen LogP contribution in [0.3, 0.4) is 0 Å². The minimum Gasteiger partial charge on any atom is -0.480 e. The Labute approximate surface area is 92.6 Å². The third-order valence-electron chi connectivity index (χ3n) is 2.67. The molecule has 0 aliphatic carbocycles. The predicted molar refractivity (Wildman–Crippen MR) is 59.4 cm³/mol. The number of carbonyl (C=O) groups excluding carboxylic acids is 1. The van der Waals surface area contributed by atoms with Crippen LogP contribution in [-0.4, -0.2) is 23.1 Å². The molecule has 0 saturated heterocycles. The van der Waals surface area contributed by atoms with E-state index in [0.717, 1.165) is 12.0 Å². The average molecular weight is 217 g/mol. The first-order valence-electron chi connectivity index (χ1n) is 5.08. The fourth-order valence-corrected chi connectivity index (χ4v) is 1.79. The maximum Gasteiger partial charge on any atom is 0.319 e. The van der Waals surface area contributed by atoms with Crippen LogP contribution in [0.15, 0.2) is 23.2 Å². The summed E-state index contributed by atoms with van der Waals surface area (Å²) in [5.74, 6) is -2.67. The van der Waals surface area contributed by atoms with E-state index in [2.05, 4.69) is 4.99 Å². The Morgan fingerprint density at radius 1 is 1.50 bits per heavy atom. The summed E-state index contributed by atoms with van der Waals surface area (Å²) in [5, 5.41) is 8.85. The molecule has 1 aromatic carbocycles. The van der Waals surface area contributed by atoms with Crippen molar-refractivity contribution in [2.75, 3.05) is 0 Å². The number of carboxylic acid groups (broad SMARTS) is 1. The highest BCUT2D eigenvalue weighted by atomic mass is 16.4. The minimum absolute atomic E-state index is 0.382. The van der Waals surface area contributed by atoms with Crippen LogP contribution in [0.25, 0.3) is 0 Å². The summed E-state index contributed by atoms with van der Waals surface area (Å²) in [7, 11) is 0. The molecule has 1 atom stereocenters. The molecule has 4 nitrogen and oxygen atoms in total. The topological polar surface area (TPSA) is 66.7 Å². The van der Waals surface area contributed by atoms with Gasteiger partial charge in [-0.25, -0.2) is 0 Å². The molecular weight excluding hydrogens is 206 g/mol. The number of nitrogens with zero attached hydrogens (tertiary/aromatic N) is 1. The Balaban J connectivity index is 2.54. The first-order chi connectivity index (χ1) is 7.65. The van der Waals surface area contributed by atoms with Gasteiger partial charge in [0, 0.05) is 11.8 Å². The lowest BCUT2D eigenvalue weighted by Crippen LogP contribution is -2.27. The van der Waals surface area contributed by atoms with Crippen molar-refractivity contribution >= 4 is 23.7 Å². The Morgan fingerprint density at radius 2 is 2.25 bits per heavy atom. The normalized spacial score (nSPS) is 18.3. The minimum atomic E-state index is -1.15. The maximum absolute atomic E-state index is 11.9. The number of ketones is 1. The van der Waals surface area contributed by atoms with Crippen molar-refractivity contribution in [1.29, 1.82) is 0 Å². The number of aliphatic carboxylic acids is 1. The predicted octanol–water partition coefficient (Wildman–Crippen LogP) is 1.85. The largest absolute Gasteiger partial charge is 0.480 e. The van der Waals surface area contributed by atoms with Crippen LogP contribution < -0.4 is 0 Å². The van der Waals surface area contributed by atoms with Crippen molar-refractivity contribution in [2.45, 2.75) is 13.3 Å². The smallest absolute Gasteiger partial charge is 0.319 e. The second-order valence-corrected chi connectivity index (χ2v) is 3.63. The van der Waals surface area contributed by atoms with Crippen LogP contribution in [0.4, 0.5) is 5.69 Å². The standard InChI is InChI=1S/C12H11NO3/c1-2-7-4-3-5-8-10(7)13-6-9(11(8)14)12(15)16/h3-6,9H,2H2,1H3,(H,15,16). The molecule has 1 N–H and O–H groups in total. The number of benzene rings is 1. The molecule has 1 aliphatic heterocycles. The number of aryl methyl sites for hydroxylation is 1. The third-order valence-corrected chi connectivity index (χ3v) is 2.67. The van der Waals surface area contributed by atoms with Gasteiger partial charge in [-0.05, 0) is 18.1 Å². The van der Waals surface area contributed by atoms with Gasteiger partial charge in [-0.1, -0.05) is 19.1 Å². The maximum atomic E-state index is 11.9. The lowest BCUT2D eigenvalue weighted by molar-refractivity contribution is -0.137.